The normalized spacial score (nSPS) is 26.4. The molecule has 1 fully saturated rings. The second-order valence-electron chi connectivity index (χ2n) is 2.74. The molecule has 1 rings (SSSR count). The molecule has 68 valence electrons. The highest BCUT2D eigenvalue weighted by molar-refractivity contribution is 5.69. The first kappa shape index (κ1) is 9.19. The summed E-state index contributed by atoms with van der Waals surface area (Å²) in [5.74, 6) is -0.210. The quantitative estimate of drug-likeness (QED) is 0.340. The smallest absolute Gasteiger partial charge is 0.305 e. The van der Waals surface area contributed by atoms with Crippen molar-refractivity contribution >= 4 is 12.3 Å². The van der Waals surface area contributed by atoms with E-state index in [1.165, 1.54) is 7.11 Å². The standard InChI is InChI=1S/C8H12O4/c1-11-8(10)4-2-3-6-7(5-9)12-6/h5-7H,2-4H2,1H3/t6-,7+/m0/s1. The van der Waals surface area contributed by atoms with Gasteiger partial charge in [-0.3, -0.25) is 4.79 Å². The molecule has 0 saturated carbocycles. The topological polar surface area (TPSA) is 55.9 Å². The van der Waals surface area contributed by atoms with Crippen molar-refractivity contribution in [2.24, 2.45) is 0 Å². The number of carbonyl (C=O) groups excluding carboxylic acids is 2. The van der Waals surface area contributed by atoms with Gasteiger partial charge in [-0.1, -0.05) is 0 Å². The second-order valence-corrected chi connectivity index (χ2v) is 2.74. The molecular weight excluding hydrogens is 160 g/mol. The maximum Gasteiger partial charge on any atom is 0.305 e. The molecule has 0 aromatic heterocycles. The fourth-order valence-corrected chi connectivity index (χ4v) is 1.06. The van der Waals surface area contributed by atoms with Gasteiger partial charge in [-0.15, -0.1) is 0 Å². The monoisotopic (exact) mass is 172 g/mol. The van der Waals surface area contributed by atoms with Gasteiger partial charge in [0.1, 0.15) is 6.10 Å². The first-order valence-corrected chi connectivity index (χ1v) is 3.95. The molecule has 0 amide bonds. The van der Waals surface area contributed by atoms with Gasteiger partial charge >= 0.3 is 5.97 Å². The Morgan fingerprint density at radius 2 is 2.42 bits per heavy atom. The Labute approximate surface area is 70.8 Å². The van der Waals surface area contributed by atoms with Crippen molar-refractivity contribution in [3.8, 4) is 0 Å². The van der Waals surface area contributed by atoms with E-state index in [1.807, 2.05) is 0 Å². The number of rotatable bonds is 5. The SMILES string of the molecule is COC(=O)CCC[C@@H]1O[C@@H]1C=O. The molecule has 4 nitrogen and oxygen atoms in total. The molecule has 4 heteroatoms. The van der Waals surface area contributed by atoms with Crippen molar-refractivity contribution < 1.29 is 19.1 Å². The lowest BCUT2D eigenvalue weighted by Gasteiger charge is -1.95. The molecule has 1 heterocycles. The van der Waals surface area contributed by atoms with Gasteiger partial charge in [-0.2, -0.15) is 0 Å². The summed E-state index contributed by atoms with van der Waals surface area (Å²) in [6.07, 6.45) is 2.51. The number of esters is 1. The summed E-state index contributed by atoms with van der Waals surface area (Å²) < 4.78 is 9.42. The Morgan fingerprint density at radius 1 is 1.67 bits per heavy atom. The molecule has 0 bridgehead atoms. The molecule has 0 radical (unpaired) electrons. The predicted octanol–water partition coefficient (Wildman–Crippen LogP) is 0.296. The van der Waals surface area contributed by atoms with Crippen LogP contribution in [-0.2, 0) is 19.1 Å². The highest BCUT2D eigenvalue weighted by Gasteiger charge is 2.37. The van der Waals surface area contributed by atoms with Gasteiger partial charge in [0, 0.05) is 6.42 Å². The van der Waals surface area contributed by atoms with Gasteiger partial charge in [0.05, 0.1) is 13.2 Å². The van der Waals surface area contributed by atoms with Gasteiger partial charge in [-0.25, -0.2) is 0 Å². The second kappa shape index (κ2) is 4.21. The fraction of sp³-hybridized carbons (Fsp3) is 0.750. The van der Waals surface area contributed by atoms with E-state index in [4.69, 9.17) is 4.74 Å². The van der Waals surface area contributed by atoms with Crippen molar-refractivity contribution in [1.82, 2.24) is 0 Å². The third kappa shape index (κ3) is 2.62. The number of methoxy groups -OCH3 is 1. The van der Waals surface area contributed by atoms with E-state index >= 15 is 0 Å². The Morgan fingerprint density at radius 3 is 2.92 bits per heavy atom. The van der Waals surface area contributed by atoms with Gasteiger partial charge in [0.25, 0.3) is 0 Å². The average molecular weight is 172 g/mol. The lowest BCUT2D eigenvalue weighted by Crippen LogP contribution is -2.01. The fourth-order valence-electron chi connectivity index (χ4n) is 1.06. The van der Waals surface area contributed by atoms with Crippen molar-refractivity contribution in [3.05, 3.63) is 0 Å². The van der Waals surface area contributed by atoms with E-state index in [1.54, 1.807) is 0 Å². The van der Waals surface area contributed by atoms with Gasteiger partial charge in [0.15, 0.2) is 6.29 Å². The highest BCUT2D eigenvalue weighted by Crippen LogP contribution is 2.24. The minimum Gasteiger partial charge on any atom is -0.469 e. The zero-order valence-corrected chi connectivity index (χ0v) is 6.99. The largest absolute Gasteiger partial charge is 0.469 e. The number of hydrogen-bond acceptors (Lipinski definition) is 4. The lowest BCUT2D eigenvalue weighted by atomic mass is 10.1. The van der Waals surface area contributed by atoms with Crippen LogP contribution in [0.3, 0.4) is 0 Å². The lowest BCUT2D eigenvalue weighted by molar-refractivity contribution is -0.140. The Balaban J connectivity index is 1.97. The molecule has 1 aliphatic heterocycles. The van der Waals surface area contributed by atoms with E-state index in [-0.39, 0.29) is 18.2 Å². The summed E-state index contributed by atoms with van der Waals surface area (Å²) in [5, 5.41) is 0. The molecule has 0 aliphatic carbocycles. The van der Waals surface area contributed by atoms with Crippen LogP contribution in [0.25, 0.3) is 0 Å². The number of epoxide rings is 1. The van der Waals surface area contributed by atoms with Crippen molar-refractivity contribution in [3.63, 3.8) is 0 Å². The molecule has 1 saturated heterocycles. The van der Waals surface area contributed by atoms with Gasteiger partial charge in [0.2, 0.25) is 0 Å². The van der Waals surface area contributed by atoms with E-state index in [9.17, 15) is 9.59 Å². The highest BCUT2D eigenvalue weighted by atomic mass is 16.6. The molecule has 12 heavy (non-hydrogen) atoms. The van der Waals surface area contributed by atoms with Crippen molar-refractivity contribution in [1.29, 1.82) is 0 Å². The number of aldehydes is 1. The Kier molecular flexibility index (Phi) is 3.22. The zero-order chi connectivity index (χ0) is 8.97. The number of hydrogen-bond donors (Lipinski definition) is 0. The summed E-state index contributed by atoms with van der Waals surface area (Å²) in [7, 11) is 1.37. The van der Waals surface area contributed by atoms with Crippen LogP contribution < -0.4 is 0 Å². The van der Waals surface area contributed by atoms with Crippen LogP contribution in [0.4, 0.5) is 0 Å². The van der Waals surface area contributed by atoms with Crippen LogP contribution in [0.5, 0.6) is 0 Å². The van der Waals surface area contributed by atoms with Crippen molar-refractivity contribution in [2.45, 2.75) is 31.5 Å². The molecule has 0 aromatic rings. The van der Waals surface area contributed by atoms with Crippen LogP contribution in [0.2, 0.25) is 0 Å². The molecule has 0 spiro atoms. The summed E-state index contributed by atoms with van der Waals surface area (Å²) in [6, 6.07) is 0. The van der Waals surface area contributed by atoms with E-state index < -0.39 is 0 Å². The summed E-state index contributed by atoms with van der Waals surface area (Å²) in [5.41, 5.74) is 0. The van der Waals surface area contributed by atoms with E-state index in [0.29, 0.717) is 6.42 Å². The molecule has 2 atom stereocenters. The first-order valence-electron chi connectivity index (χ1n) is 3.95. The average Bonchev–Trinajstić information content (AvgIpc) is 2.83. The molecular formula is C8H12O4. The minimum atomic E-state index is -0.220. The minimum absolute atomic E-state index is 0.0483. The van der Waals surface area contributed by atoms with Gasteiger partial charge < -0.3 is 14.3 Å². The summed E-state index contributed by atoms with van der Waals surface area (Å²) in [4.78, 5) is 20.7. The third-order valence-electron chi connectivity index (χ3n) is 1.85. The Bertz CT molecular complexity index is 178. The number of ether oxygens (including phenoxy) is 2. The summed E-state index contributed by atoms with van der Waals surface area (Å²) in [6.45, 7) is 0. The van der Waals surface area contributed by atoms with Crippen LogP contribution >= 0.6 is 0 Å². The third-order valence-corrected chi connectivity index (χ3v) is 1.85. The molecule has 0 aromatic carbocycles. The maximum atomic E-state index is 10.6. The van der Waals surface area contributed by atoms with Crippen LogP contribution in [0.15, 0.2) is 0 Å². The van der Waals surface area contributed by atoms with Crippen molar-refractivity contribution in [2.75, 3.05) is 7.11 Å². The van der Waals surface area contributed by atoms with E-state index in [2.05, 4.69) is 4.74 Å². The molecule has 1 aliphatic rings. The zero-order valence-electron chi connectivity index (χ0n) is 6.99. The van der Waals surface area contributed by atoms with Crippen LogP contribution in [0.1, 0.15) is 19.3 Å². The maximum absolute atomic E-state index is 10.6. The molecule has 0 unspecified atom stereocenters. The van der Waals surface area contributed by atoms with Gasteiger partial charge in [-0.05, 0) is 12.8 Å². The summed E-state index contributed by atoms with van der Waals surface area (Å²) >= 11 is 0. The molecule has 0 N–H and O–H groups in total. The predicted molar refractivity (Wildman–Crippen MR) is 40.6 cm³/mol. The number of carbonyl (C=O) groups is 2. The van der Waals surface area contributed by atoms with E-state index in [0.717, 1.165) is 19.1 Å². The van der Waals surface area contributed by atoms with Crippen LogP contribution in [-0.4, -0.2) is 31.6 Å². The Hall–Kier alpha value is -0.900. The van der Waals surface area contributed by atoms with Crippen LogP contribution in [0, 0.1) is 0 Å². The first-order chi connectivity index (χ1) is 5.77.